The van der Waals surface area contributed by atoms with E-state index in [0.717, 1.165) is 31.2 Å². The Morgan fingerprint density at radius 2 is 1.83 bits per heavy atom. The van der Waals surface area contributed by atoms with Gasteiger partial charge in [0.15, 0.2) is 5.75 Å². The van der Waals surface area contributed by atoms with Crippen molar-refractivity contribution in [3.8, 4) is 11.5 Å². The number of nitrogens with zero attached hydrogens (tertiary/aromatic N) is 1. The van der Waals surface area contributed by atoms with E-state index >= 15 is 0 Å². The molecule has 1 heterocycles. The van der Waals surface area contributed by atoms with E-state index in [1.165, 1.54) is 10.4 Å². The number of hydrogen-bond donors (Lipinski definition) is 1. The van der Waals surface area contributed by atoms with Crippen molar-refractivity contribution in [1.82, 2.24) is 4.31 Å². The van der Waals surface area contributed by atoms with Crippen molar-refractivity contribution in [1.29, 1.82) is 0 Å². The molecule has 0 unspecified atom stereocenters. The third-order valence-electron chi connectivity index (χ3n) is 5.83. The Kier molecular flexibility index (Phi) is 5.84. The molecule has 0 radical (unpaired) electrons. The van der Waals surface area contributed by atoms with E-state index in [9.17, 15) is 13.2 Å². The highest BCUT2D eigenvalue weighted by molar-refractivity contribution is 7.89. The Hall–Kier alpha value is -2.38. The predicted octanol–water partition coefficient (Wildman–Crippen LogP) is 4.56. The minimum absolute atomic E-state index is 0.0285. The zero-order valence-corrected chi connectivity index (χ0v) is 18.2. The number of nitrogens with one attached hydrogen (secondary N) is 1. The molecular weight excluding hydrogens is 400 g/mol. The molecule has 1 aliphatic carbocycles. The molecular formula is C23H28N2O4S. The molecule has 0 bridgehead atoms. The van der Waals surface area contributed by atoms with Crippen molar-refractivity contribution < 1.29 is 17.9 Å². The van der Waals surface area contributed by atoms with E-state index in [1.54, 1.807) is 12.1 Å². The van der Waals surface area contributed by atoms with Crippen LogP contribution in [0, 0.1) is 18.8 Å². The monoisotopic (exact) mass is 428 g/mol. The first-order chi connectivity index (χ1) is 14.3. The highest BCUT2D eigenvalue weighted by Crippen LogP contribution is 2.40. The van der Waals surface area contributed by atoms with Crippen LogP contribution in [0.2, 0.25) is 0 Å². The average molecular weight is 429 g/mol. The normalized spacial score (nSPS) is 21.8. The number of ether oxygens (including phenoxy) is 1. The average Bonchev–Trinajstić information content (AvgIpc) is 3.47. The third kappa shape index (κ3) is 4.52. The fourth-order valence-electron chi connectivity index (χ4n) is 3.83. The van der Waals surface area contributed by atoms with Gasteiger partial charge in [0.25, 0.3) is 0 Å². The first-order valence-electron chi connectivity index (χ1n) is 10.5. The van der Waals surface area contributed by atoms with Gasteiger partial charge in [-0.1, -0.05) is 25.5 Å². The van der Waals surface area contributed by atoms with Crippen molar-refractivity contribution in [3.05, 3.63) is 48.0 Å². The quantitative estimate of drug-likeness (QED) is 0.732. The zero-order valence-electron chi connectivity index (χ0n) is 17.4. The molecule has 2 aliphatic rings. The molecule has 30 heavy (non-hydrogen) atoms. The summed E-state index contributed by atoms with van der Waals surface area (Å²) in [4.78, 5) is 12.8. The second kappa shape index (κ2) is 8.40. The number of benzene rings is 2. The van der Waals surface area contributed by atoms with E-state index in [-0.39, 0.29) is 16.7 Å². The Labute approximate surface area is 178 Å². The van der Waals surface area contributed by atoms with E-state index in [4.69, 9.17) is 4.74 Å². The van der Waals surface area contributed by atoms with Crippen molar-refractivity contribution in [3.63, 3.8) is 0 Å². The van der Waals surface area contributed by atoms with Crippen LogP contribution in [0.3, 0.4) is 0 Å². The molecule has 0 aromatic heterocycles. The maximum absolute atomic E-state index is 13.1. The third-order valence-corrected chi connectivity index (χ3v) is 7.72. The molecule has 1 N–H and O–H groups in total. The maximum atomic E-state index is 13.1. The van der Waals surface area contributed by atoms with Crippen LogP contribution < -0.4 is 10.1 Å². The molecule has 0 spiro atoms. The lowest BCUT2D eigenvalue weighted by molar-refractivity contribution is -0.117. The fourth-order valence-corrected chi connectivity index (χ4v) is 5.37. The smallest absolute Gasteiger partial charge is 0.243 e. The predicted molar refractivity (Wildman–Crippen MR) is 116 cm³/mol. The molecule has 2 aromatic rings. The van der Waals surface area contributed by atoms with Gasteiger partial charge in [-0.2, -0.15) is 4.31 Å². The largest absolute Gasteiger partial charge is 0.455 e. The molecule has 1 aliphatic heterocycles. The van der Waals surface area contributed by atoms with E-state index < -0.39 is 10.0 Å². The lowest BCUT2D eigenvalue weighted by Crippen LogP contribution is -2.35. The fraction of sp³-hybridized carbons (Fsp3) is 0.435. The van der Waals surface area contributed by atoms with E-state index in [2.05, 4.69) is 5.32 Å². The molecule has 4 rings (SSSR count). The maximum Gasteiger partial charge on any atom is 0.243 e. The molecule has 1 amide bonds. The van der Waals surface area contributed by atoms with Crippen molar-refractivity contribution >= 4 is 21.6 Å². The van der Waals surface area contributed by atoms with Crippen molar-refractivity contribution in [2.75, 3.05) is 18.4 Å². The highest BCUT2D eigenvalue weighted by atomic mass is 32.2. The summed E-state index contributed by atoms with van der Waals surface area (Å²) in [7, 11) is -3.61. The van der Waals surface area contributed by atoms with Crippen LogP contribution in [0.5, 0.6) is 11.5 Å². The first-order valence-corrected chi connectivity index (χ1v) is 12.0. The molecule has 6 nitrogen and oxygen atoms in total. The number of amides is 1. The van der Waals surface area contributed by atoms with Crippen LogP contribution in [0.25, 0.3) is 0 Å². The van der Waals surface area contributed by atoms with Gasteiger partial charge >= 0.3 is 0 Å². The Balaban J connectivity index is 1.66. The van der Waals surface area contributed by atoms with Crippen LogP contribution in [-0.2, 0) is 14.8 Å². The standard InChI is InChI=1S/C23H28N2O4S/c1-16-7-6-8-18(13-16)29-22-10-9-19(30(27,28)25-11-4-3-5-12-25)15-21(22)24-23(26)20-14-17(20)2/h6-10,13,15,17,20H,3-5,11-12,14H2,1-2H3,(H,24,26)/t17-,20-/m1/s1. The Bertz CT molecular complexity index is 1040. The SMILES string of the molecule is Cc1cccc(Oc2ccc(S(=O)(=O)N3CCCCC3)cc2NC(=O)[C@@H]2C[C@H]2C)c1. The number of rotatable bonds is 6. The molecule has 7 heteroatoms. The summed E-state index contributed by atoms with van der Waals surface area (Å²) < 4.78 is 33.8. The lowest BCUT2D eigenvalue weighted by Gasteiger charge is -2.26. The number of carbonyl (C=O) groups is 1. The van der Waals surface area contributed by atoms with Crippen LogP contribution in [-0.4, -0.2) is 31.7 Å². The minimum atomic E-state index is -3.61. The Morgan fingerprint density at radius 1 is 1.10 bits per heavy atom. The minimum Gasteiger partial charge on any atom is -0.455 e. The number of hydrogen-bond acceptors (Lipinski definition) is 4. The molecule has 2 atom stereocenters. The van der Waals surface area contributed by atoms with Crippen LogP contribution >= 0.6 is 0 Å². The number of anilines is 1. The second-order valence-corrected chi connectivity index (χ2v) is 10.3. The van der Waals surface area contributed by atoms with Gasteiger partial charge in [-0.25, -0.2) is 8.42 Å². The van der Waals surface area contributed by atoms with Crippen molar-refractivity contribution in [2.24, 2.45) is 11.8 Å². The van der Waals surface area contributed by atoms with Crippen LogP contribution in [0.4, 0.5) is 5.69 Å². The van der Waals surface area contributed by atoms with Gasteiger partial charge in [-0.15, -0.1) is 0 Å². The highest BCUT2D eigenvalue weighted by Gasteiger charge is 2.39. The topological polar surface area (TPSA) is 75.7 Å². The molecule has 160 valence electrons. The van der Waals surface area contributed by atoms with Gasteiger partial charge in [0.05, 0.1) is 10.6 Å². The first kappa shape index (κ1) is 20.9. The molecule has 2 fully saturated rings. The number of aryl methyl sites for hydroxylation is 1. The lowest BCUT2D eigenvalue weighted by atomic mass is 10.2. The number of piperidine rings is 1. The van der Waals surface area contributed by atoms with Crippen molar-refractivity contribution in [2.45, 2.75) is 44.4 Å². The summed E-state index contributed by atoms with van der Waals surface area (Å²) in [5.74, 6) is 1.30. The summed E-state index contributed by atoms with van der Waals surface area (Å²) in [6.07, 6.45) is 3.65. The summed E-state index contributed by atoms with van der Waals surface area (Å²) >= 11 is 0. The van der Waals surface area contributed by atoms with Gasteiger partial charge in [-0.3, -0.25) is 4.79 Å². The second-order valence-electron chi connectivity index (χ2n) is 8.35. The van der Waals surface area contributed by atoms with E-state index in [1.807, 2.05) is 38.1 Å². The van der Waals surface area contributed by atoms with Gasteiger partial charge < -0.3 is 10.1 Å². The van der Waals surface area contributed by atoms with Gasteiger partial charge in [0.1, 0.15) is 5.75 Å². The molecule has 1 saturated carbocycles. The summed E-state index contributed by atoms with van der Waals surface area (Å²) in [5.41, 5.74) is 1.44. The van der Waals surface area contributed by atoms with Gasteiger partial charge in [0.2, 0.25) is 15.9 Å². The molecule has 2 aromatic carbocycles. The van der Waals surface area contributed by atoms with Gasteiger partial charge in [0, 0.05) is 19.0 Å². The zero-order chi connectivity index (χ0) is 21.3. The number of carbonyl (C=O) groups excluding carboxylic acids is 1. The molecule has 1 saturated heterocycles. The van der Waals surface area contributed by atoms with Crippen LogP contribution in [0.15, 0.2) is 47.4 Å². The number of sulfonamides is 1. The van der Waals surface area contributed by atoms with Crippen LogP contribution in [0.1, 0.15) is 38.2 Å². The van der Waals surface area contributed by atoms with E-state index in [0.29, 0.717) is 36.2 Å². The Morgan fingerprint density at radius 3 is 2.50 bits per heavy atom. The summed E-state index contributed by atoms with van der Waals surface area (Å²) in [6, 6.07) is 12.3. The van der Waals surface area contributed by atoms with Gasteiger partial charge in [-0.05, 0) is 68.0 Å². The summed E-state index contributed by atoms with van der Waals surface area (Å²) in [6.45, 7) is 5.07. The summed E-state index contributed by atoms with van der Waals surface area (Å²) in [5, 5.41) is 2.91.